The molecule has 4 heteroatoms. The highest BCUT2D eigenvalue weighted by Crippen LogP contribution is 2.39. The summed E-state index contributed by atoms with van der Waals surface area (Å²) >= 11 is 3.51. The van der Waals surface area contributed by atoms with Crippen LogP contribution in [-0.4, -0.2) is 11.8 Å². The van der Waals surface area contributed by atoms with Crippen LogP contribution in [0.5, 0.6) is 0 Å². The fraction of sp³-hybridized carbons (Fsp3) is 0.375. The second kappa shape index (κ2) is 4.85. The van der Waals surface area contributed by atoms with Gasteiger partial charge in [-0.05, 0) is 49.9 Å². The smallest absolute Gasteiger partial charge is 0.238 e. The molecule has 0 radical (unpaired) electrons. The third-order valence-corrected chi connectivity index (χ3v) is 5.44. The highest BCUT2D eigenvalue weighted by Gasteiger charge is 2.47. The van der Waals surface area contributed by atoms with Gasteiger partial charge >= 0.3 is 0 Å². The Morgan fingerprint density at radius 2 is 1.45 bits per heavy atom. The molecule has 20 heavy (non-hydrogen) atoms. The van der Waals surface area contributed by atoms with Gasteiger partial charge in [-0.2, -0.15) is 0 Å². The van der Waals surface area contributed by atoms with Gasteiger partial charge in [0.25, 0.3) is 0 Å². The molecule has 1 aromatic rings. The summed E-state index contributed by atoms with van der Waals surface area (Å²) in [6.45, 7) is 3.94. The van der Waals surface area contributed by atoms with E-state index in [-0.39, 0.29) is 23.7 Å². The number of halogens is 1. The fourth-order valence-electron chi connectivity index (χ4n) is 3.11. The number of hydrogen-bond donors (Lipinski definition) is 0. The lowest BCUT2D eigenvalue weighted by Crippen LogP contribution is -2.31. The third kappa shape index (κ3) is 1.94. The summed E-state index contributed by atoms with van der Waals surface area (Å²) in [7, 11) is 0. The number of carbonyl (C=O) groups is 2. The van der Waals surface area contributed by atoms with Crippen molar-refractivity contribution in [2.24, 2.45) is 11.8 Å². The Morgan fingerprint density at radius 3 is 1.90 bits per heavy atom. The van der Waals surface area contributed by atoms with Crippen molar-refractivity contribution < 1.29 is 9.59 Å². The topological polar surface area (TPSA) is 37.4 Å². The summed E-state index contributed by atoms with van der Waals surface area (Å²) in [5.74, 6) is -0.440. The number of amides is 2. The zero-order chi connectivity index (χ0) is 14.4. The average molecular weight is 334 g/mol. The molecule has 2 amide bonds. The first kappa shape index (κ1) is 13.6. The van der Waals surface area contributed by atoms with Crippen molar-refractivity contribution >= 4 is 33.4 Å². The summed E-state index contributed by atoms with van der Waals surface area (Å²) < 4.78 is 1.03. The predicted octanol–water partition coefficient (Wildman–Crippen LogP) is 3.52. The van der Waals surface area contributed by atoms with Crippen molar-refractivity contribution in [2.45, 2.75) is 26.7 Å². The maximum atomic E-state index is 12.5. The number of hydrogen-bond acceptors (Lipinski definition) is 2. The molecule has 1 aromatic carbocycles. The van der Waals surface area contributed by atoms with Gasteiger partial charge in [-0.3, -0.25) is 14.5 Å². The van der Waals surface area contributed by atoms with Crippen LogP contribution in [0.4, 0.5) is 5.69 Å². The molecule has 0 N–H and O–H groups in total. The number of aryl methyl sites for hydroxylation is 2. The first-order chi connectivity index (χ1) is 9.50. The predicted molar refractivity (Wildman–Crippen MR) is 81.5 cm³/mol. The van der Waals surface area contributed by atoms with Gasteiger partial charge in [-0.15, -0.1) is 0 Å². The number of benzene rings is 1. The van der Waals surface area contributed by atoms with Crippen molar-refractivity contribution in [1.82, 2.24) is 0 Å². The van der Waals surface area contributed by atoms with E-state index in [0.29, 0.717) is 18.5 Å². The minimum atomic E-state index is -0.170. The molecule has 1 saturated heterocycles. The Morgan fingerprint density at radius 1 is 1.00 bits per heavy atom. The van der Waals surface area contributed by atoms with Gasteiger partial charge in [0, 0.05) is 4.47 Å². The molecule has 0 saturated carbocycles. The highest BCUT2D eigenvalue weighted by atomic mass is 79.9. The molecule has 1 fully saturated rings. The third-order valence-electron chi connectivity index (χ3n) is 4.19. The van der Waals surface area contributed by atoms with Gasteiger partial charge in [-0.25, -0.2) is 0 Å². The molecular formula is C16H16BrNO2. The number of nitrogens with zero attached hydrogens (tertiary/aromatic N) is 1. The van der Waals surface area contributed by atoms with Crippen LogP contribution in [0.2, 0.25) is 0 Å². The van der Waals surface area contributed by atoms with Gasteiger partial charge in [-0.1, -0.05) is 28.1 Å². The Bertz CT molecular complexity index is 586. The summed E-state index contributed by atoms with van der Waals surface area (Å²) in [6.07, 6.45) is 5.38. The monoisotopic (exact) mass is 333 g/mol. The first-order valence-corrected chi connectivity index (χ1v) is 7.59. The molecule has 1 heterocycles. The average Bonchev–Trinajstić information content (AvgIpc) is 2.68. The van der Waals surface area contributed by atoms with Gasteiger partial charge in [0.2, 0.25) is 11.8 Å². The maximum Gasteiger partial charge on any atom is 0.238 e. The van der Waals surface area contributed by atoms with Crippen LogP contribution < -0.4 is 4.90 Å². The molecule has 0 unspecified atom stereocenters. The van der Waals surface area contributed by atoms with Crippen molar-refractivity contribution in [2.75, 3.05) is 4.90 Å². The van der Waals surface area contributed by atoms with E-state index in [0.717, 1.165) is 15.6 Å². The second-order valence-electron chi connectivity index (χ2n) is 5.56. The van der Waals surface area contributed by atoms with Crippen LogP contribution in [0.15, 0.2) is 28.8 Å². The van der Waals surface area contributed by atoms with Crippen LogP contribution in [-0.2, 0) is 9.59 Å². The summed E-state index contributed by atoms with van der Waals surface area (Å²) in [5.41, 5.74) is 2.77. The standard InChI is InChI=1S/C16H16BrNO2/c1-9-7-11(8-10(2)14(9)17)18-15(19)12-5-3-4-6-13(12)16(18)20/h3-4,7-8,12-13H,5-6H2,1-2H3/t12-,13-/m0/s1. The van der Waals surface area contributed by atoms with Crippen molar-refractivity contribution in [3.8, 4) is 0 Å². The highest BCUT2D eigenvalue weighted by molar-refractivity contribution is 9.10. The minimum absolute atomic E-state index is 0.0505. The molecule has 1 aliphatic carbocycles. The molecule has 2 aliphatic rings. The van der Waals surface area contributed by atoms with Crippen molar-refractivity contribution in [3.63, 3.8) is 0 Å². The van der Waals surface area contributed by atoms with Crippen LogP contribution in [0, 0.1) is 25.7 Å². The number of rotatable bonds is 1. The second-order valence-corrected chi connectivity index (χ2v) is 6.35. The molecule has 2 atom stereocenters. The van der Waals surface area contributed by atoms with Gasteiger partial charge in [0.05, 0.1) is 17.5 Å². The van der Waals surface area contributed by atoms with E-state index >= 15 is 0 Å². The van der Waals surface area contributed by atoms with E-state index in [9.17, 15) is 9.59 Å². The van der Waals surface area contributed by atoms with Crippen LogP contribution in [0.25, 0.3) is 0 Å². The zero-order valence-electron chi connectivity index (χ0n) is 11.5. The Balaban J connectivity index is 2.03. The zero-order valence-corrected chi connectivity index (χ0v) is 13.1. The first-order valence-electron chi connectivity index (χ1n) is 6.80. The SMILES string of the molecule is Cc1cc(N2C(=O)[C@H]3CC=CC[C@@H]3C2=O)cc(C)c1Br. The Labute approximate surface area is 126 Å². The molecule has 0 spiro atoms. The lowest BCUT2D eigenvalue weighted by molar-refractivity contribution is -0.122. The molecular weight excluding hydrogens is 318 g/mol. The molecule has 1 aliphatic heterocycles. The molecule has 3 rings (SSSR count). The number of fused-ring (bicyclic) bond motifs is 1. The van der Waals surface area contributed by atoms with Crippen molar-refractivity contribution in [1.29, 1.82) is 0 Å². The van der Waals surface area contributed by atoms with E-state index in [1.807, 2.05) is 38.1 Å². The lowest BCUT2D eigenvalue weighted by Gasteiger charge is -2.17. The van der Waals surface area contributed by atoms with E-state index < -0.39 is 0 Å². The Kier molecular flexibility index (Phi) is 3.28. The van der Waals surface area contributed by atoms with Crippen LogP contribution >= 0.6 is 15.9 Å². The molecule has 0 aromatic heterocycles. The normalized spacial score (nSPS) is 25.2. The van der Waals surface area contributed by atoms with Crippen molar-refractivity contribution in [3.05, 3.63) is 39.9 Å². The molecule has 0 bridgehead atoms. The molecule has 104 valence electrons. The fourth-order valence-corrected chi connectivity index (χ4v) is 3.34. The minimum Gasteiger partial charge on any atom is -0.274 e. The van der Waals surface area contributed by atoms with Crippen LogP contribution in [0.1, 0.15) is 24.0 Å². The number of carbonyl (C=O) groups excluding carboxylic acids is 2. The summed E-state index contributed by atoms with van der Waals surface area (Å²) in [4.78, 5) is 26.4. The lowest BCUT2D eigenvalue weighted by atomic mass is 9.85. The maximum absolute atomic E-state index is 12.5. The van der Waals surface area contributed by atoms with Gasteiger partial charge < -0.3 is 0 Å². The molecule has 3 nitrogen and oxygen atoms in total. The van der Waals surface area contributed by atoms with E-state index in [1.165, 1.54) is 4.90 Å². The quantitative estimate of drug-likeness (QED) is 0.582. The number of allylic oxidation sites excluding steroid dienone is 2. The largest absolute Gasteiger partial charge is 0.274 e. The van der Waals surface area contributed by atoms with Crippen LogP contribution in [0.3, 0.4) is 0 Å². The summed E-state index contributed by atoms with van der Waals surface area (Å²) in [5, 5.41) is 0. The Hall–Kier alpha value is -1.42. The van der Waals surface area contributed by atoms with E-state index in [2.05, 4.69) is 15.9 Å². The van der Waals surface area contributed by atoms with E-state index in [4.69, 9.17) is 0 Å². The van der Waals surface area contributed by atoms with Gasteiger partial charge in [0.15, 0.2) is 0 Å². The number of imide groups is 1. The summed E-state index contributed by atoms with van der Waals surface area (Å²) in [6, 6.07) is 3.80. The van der Waals surface area contributed by atoms with E-state index in [1.54, 1.807) is 0 Å². The van der Waals surface area contributed by atoms with Gasteiger partial charge in [0.1, 0.15) is 0 Å². The number of anilines is 1.